The van der Waals surface area contributed by atoms with Crippen LogP contribution < -0.4 is 10.1 Å². The lowest BCUT2D eigenvalue weighted by Crippen LogP contribution is -2.17. The summed E-state index contributed by atoms with van der Waals surface area (Å²) in [6.45, 7) is 5.46. The van der Waals surface area contributed by atoms with Gasteiger partial charge in [-0.25, -0.2) is 4.39 Å². The molecule has 2 rings (SSSR count). The predicted octanol–water partition coefficient (Wildman–Crippen LogP) is 3.47. The maximum absolute atomic E-state index is 13.0. The number of rotatable bonds is 6. The van der Waals surface area contributed by atoms with Gasteiger partial charge in [-0.1, -0.05) is 19.1 Å². The fourth-order valence-electron chi connectivity index (χ4n) is 1.98. The molecule has 0 bridgehead atoms. The Morgan fingerprint density at radius 1 is 1.25 bits per heavy atom. The standard InChI is InChI=1S/C16H19FN2O/c1-3-19-12(2)14-4-6-16(7-5-14)20-11-13-8-15(17)10-18-9-13/h4-10,12,19H,3,11H2,1-2H3. The molecule has 0 aliphatic carbocycles. The molecular weight excluding hydrogens is 255 g/mol. The molecule has 0 saturated carbocycles. The highest BCUT2D eigenvalue weighted by Gasteiger charge is 2.04. The van der Waals surface area contributed by atoms with Crippen LogP contribution >= 0.6 is 0 Å². The van der Waals surface area contributed by atoms with Gasteiger partial charge < -0.3 is 10.1 Å². The van der Waals surface area contributed by atoms with Crippen molar-refractivity contribution in [2.75, 3.05) is 6.54 Å². The smallest absolute Gasteiger partial charge is 0.141 e. The van der Waals surface area contributed by atoms with E-state index < -0.39 is 0 Å². The minimum Gasteiger partial charge on any atom is -0.489 e. The second kappa shape index (κ2) is 7.01. The van der Waals surface area contributed by atoms with E-state index in [4.69, 9.17) is 4.74 Å². The topological polar surface area (TPSA) is 34.1 Å². The lowest BCUT2D eigenvalue weighted by Gasteiger charge is -2.13. The molecule has 0 aliphatic heterocycles. The maximum Gasteiger partial charge on any atom is 0.141 e. The fraction of sp³-hybridized carbons (Fsp3) is 0.312. The molecule has 4 heteroatoms. The zero-order chi connectivity index (χ0) is 14.4. The van der Waals surface area contributed by atoms with E-state index in [0.717, 1.165) is 17.9 Å². The molecule has 0 fully saturated rings. The predicted molar refractivity (Wildman–Crippen MR) is 77.1 cm³/mol. The first kappa shape index (κ1) is 14.5. The van der Waals surface area contributed by atoms with Crippen LogP contribution in [0.1, 0.15) is 31.0 Å². The number of halogens is 1. The molecule has 0 amide bonds. The summed E-state index contributed by atoms with van der Waals surface area (Å²) in [6, 6.07) is 9.67. The number of pyridine rings is 1. The molecule has 2 aromatic rings. The first-order valence-electron chi connectivity index (χ1n) is 6.74. The molecule has 1 heterocycles. The van der Waals surface area contributed by atoms with Crippen molar-refractivity contribution in [3.05, 3.63) is 59.7 Å². The Morgan fingerprint density at radius 3 is 2.65 bits per heavy atom. The third-order valence-electron chi connectivity index (χ3n) is 3.06. The van der Waals surface area contributed by atoms with E-state index in [-0.39, 0.29) is 5.82 Å². The number of nitrogens with one attached hydrogen (secondary N) is 1. The van der Waals surface area contributed by atoms with Crippen molar-refractivity contribution < 1.29 is 9.13 Å². The van der Waals surface area contributed by atoms with E-state index in [9.17, 15) is 4.39 Å². The van der Waals surface area contributed by atoms with E-state index in [1.165, 1.54) is 17.8 Å². The van der Waals surface area contributed by atoms with E-state index in [1.807, 2.05) is 24.3 Å². The molecule has 20 heavy (non-hydrogen) atoms. The van der Waals surface area contributed by atoms with Crippen LogP contribution in [-0.4, -0.2) is 11.5 Å². The first-order chi connectivity index (χ1) is 9.69. The Kier molecular flexibility index (Phi) is 5.07. The number of ether oxygens (including phenoxy) is 1. The molecule has 0 radical (unpaired) electrons. The van der Waals surface area contributed by atoms with Gasteiger partial charge in [0.15, 0.2) is 0 Å². The average Bonchev–Trinajstić information content (AvgIpc) is 2.46. The van der Waals surface area contributed by atoms with Crippen LogP contribution in [0.5, 0.6) is 5.75 Å². The normalized spacial score (nSPS) is 12.2. The summed E-state index contributed by atoms with van der Waals surface area (Å²) in [6.07, 6.45) is 2.78. The number of nitrogens with zero attached hydrogens (tertiary/aromatic N) is 1. The summed E-state index contributed by atoms with van der Waals surface area (Å²) < 4.78 is 18.6. The van der Waals surface area contributed by atoms with Crippen molar-refractivity contribution >= 4 is 0 Å². The number of hydrogen-bond donors (Lipinski definition) is 1. The van der Waals surface area contributed by atoms with Crippen molar-refractivity contribution in [3.63, 3.8) is 0 Å². The molecule has 3 nitrogen and oxygen atoms in total. The van der Waals surface area contributed by atoms with Crippen LogP contribution in [0, 0.1) is 5.82 Å². The van der Waals surface area contributed by atoms with Crippen molar-refractivity contribution in [2.24, 2.45) is 0 Å². The monoisotopic (exact) mass is 274 g/mol. The molecule has 1 aromatic heterocycles. The highest BCUT2D eigenvalue weighted by atomic mass is 19.1. The van der Waals surface area contributed by atoms with Crippen LogP contribution in [0.25, 0.3) is 0 Å². The van der Waals surface area contributed by atoms with Gasteiger partial charge in [0.25, 0.3) is 0 Å². The maximum atomic E-state index is 13.0. The SMILES string of the molecule is CCNC(C)c1ccc(OCc2cncc(F)c2)cc1. The van der Waals surface area contributed by atoms with Crippen molar-refractivity contribution in [1.82, 2.24) is 10.3 Å². The molecule has 0 aliphatic rings. The Balaban J connectivity index is 1.94. The van der Waals surface area contributed by atoms with E-state index >= 15 is 0 Å². The van der Waals surface area contributed by atoms with Gasteiger partial charge in [0.1, 0.15) is 18.2 Å². The Morgan fingerprint density at radius 2 is 2.00 bits per heavy atom. The number of aromatic nitrogens is 1. The number of benzene rings is 1. The van der Waals surface area contributed by atoms with Crippen LogP contribution in [0.3, 0.4) is 0 Å². The van der Waals surface area contributed by atoms with Gasteiger partial charge in [-0.15, -0.1) is 0 Å². The summed E-state index contributed by atoms with van der Waals surface area (Å²) >= 11 is 0. The van der Waals surface area contributed by atoms with Gasteiger partial charge in [-0.3, -0.25) is 4.98 Å². The Hall–Kier alpha value is -1.94. The molecule has 1 atom stereocenters. The van der Waals surface area contributed by atoms with Gasteiger partial charge in [0.2, 0.25) is 0 Å². The first-order valence-corrected chi connectivity index (χ1v) is 6.74. The zero-order valence-electron chi connectivity index (χ0n) is 11.8. The lowest BCUT2D eigenvalue weighted by atomic mass is 10.1. The summed E-state index contributed by atoms with van der Waals surface area (Å²) in [4.78, 5) is 3.79. The Labute approximate surface area is 118 Å². The van der Waals surface area contributed by atoms with E-state index in [0.29, 0.717) is 12.6 Å². The highest BCUT2D eigenvalue weighted by molar-refractivity contribution is 5.29. The Bertz CT molecular complexity index is 542. The van der Waals surface area contributed by atoms with Crippen molar-refractivity contribution in [2.45, 2.75) is 26.5 Å². The lowest BCUT2D eigenvalue weighted by molar-refractivity contribution is 0.305. The molecule has 0 spiro atoms. The van der Waals surface area contributed by atoms with Crippen LogP contribution in [-0.2, 0) is 6.61 Å². The van der Waals surface area contributed by atoms with Crippen molar-refractivity contribution in [3.8, 4) is 5.75 Å². The van der Waals surface area contributed by atoms with Crippen molar-refractivity contribution in [1.29, 1.82) is 0 Å². The van der Waals surface area contributed by atoms with Gasteiger partial charge >= 0.3 is 0 Å². The molecule has 106 valence electrons. The van der Waals surface area contributed by atoms with Gasteiger partial charge in [0, 0.05) is 17.8 Å². The van der Waals surface area contributed by atoms with E-state index in [2.05, 4.69) is 24.1 Å². The molecule has 1 N–H and O–H groups in total. The number of hydrogen-bond acceptors (Lipinski definition) is 3. The summed E-state index contributed by atoms with van der Waals surface area (Å²) in [7, 11) is 0. The highest BCUT2D eigenvalue weighted by Crippen LogP contribution is 2.18. The molecule has 1 aromatic carbocycles. The van der Waals surface area contributed by atoms with Gasteiger partial charge in [-0.05, 0) is 37.2 Å². The second-order valence-corrected chi connectivity index (χ2v) is 4.65. The van der Waals surface area contributed by atoms with Gasteiger partial charge in [-0.2, -0.15) is 0 Å². The second-order valence-electron chi connectivity index (χ2n) is 4.65. The minimum absolute atomic E-state index is 0.312. The quantitative estimate of drug-likeness (QED) is 0.875. The largest absolute Gasteiger partial charge is 0.489 e. The van der Waals surface area contributed by atoms with Crippen LogP contribution in [0.2, 0.25) is 0 Å². The zero-order valence-corrected chi connectivity index (χ0v) is 11.8. The van der Waals surface area contributed by atoms with Crippen LogP contribution in [0.4, 0.5) is 4.39 Å². The third kappa shape index (κ3) is 4.03. The average molecular weight is 274 g/mol. The molecule has 0 saturated heterocycles. The summed E-state index contributed by atoms with van der Waals surface area (Å²) in [5, 5.41) is 3.35. The minimum atomic E-state index is -0.346. The van der Waals surface area contributed by atoms with Crippen LogP contribution in [0.15, 0.2) is 42.7 Å². The van der Waals surface area contributed by atoms with Gasteiger partial charge in [0.05, 0.1) is 6.20 Å². The summed E-state index contributed by atoms with van der Waals surface area (Å²) in [5.41, 5.74) is 1.93. The molecule has 1 unspecified atom stereocenters. The third-order valence-corrected chi connectivity index (χ3v) is 3.06. The fourth-order valence-corrected chi connectivity index (χ4v) is 1.98. The summed E-state index contributed by atoms with van der Waals surface area (Å²) in [5.74, 6) is 0.419. The van der Waals surface area contributed by atoms with E-state index in [1.54, 1.807) is 6.20 Å². The molecular formula is C16H19FN2O.